The monoisotopic (exact) mass is 417 g/mol. The van der Waals surface area contributed by atoms with Gasteiger partial charge >= 0.3 is 5.97 Å². The summed E-state index contributed by atoms with van der Waals surface area (Å²) in [6, 6.07) is 20.5. The summed E-state index contributed by atoms with van der Waals surface area (Å²) < 4.78 is 15.9. The van der Waals surface area contributed by atoms with Crippen LogP contribution < -0.4 is 14.8 Å². The molecule has 1 atom stereocenters. The molecule has 0 saturated heterocycles. The smallest absolute Gasteiger partial charge is 0.337 e. The average Bonchev–Trinajstić information content (AvgIpc) is 3.29. The van der Waals surface area contributed by atoms with Gasteiger partial charge in [-0.15, -0.1) is 0 Å². The van der Waals surface area contributed by atoms with Crippen LogP contribution in [0.1, 0.15) is 26.3 Å². The van der Waals surface area contributed by atoms with E-state index in [0.29, 0.717) is 11.5 Å². The molecule has 1 aliphatic rings. The maximum absolute atomic E-state index is 13.0. The van der Waals surface area contributed by atoms with Crippen LogP contribution in [-0.4, -0.2) is 30.5 Å². The molecule has 156 valence electrons. The first-order valence-corrected chi connectivity index (χ1v) is 9.62. The molecule has 1 amide bonds. The largest absolute Gasteiger partial charge is 0.459 e. The number of benzene rings is 3. The van der Waals surface area contributed by atoms with E-state index >= 15 is 0 Å². The highest BCUT2D eigenvalue weighted by molar-refractivity contribution is 6.14. The minimum absolute atomic E-state index is 0.0157. The van der Waals surface area contributed by atoms with Gasteiger partial charge < -0.3 is 19.5 Å². The molecular weight excluding hydrogens is 398 g/mol. The standard InChI is InChI=1S/C24H19NO6/c26-22(17-9-5-2-6-10-17)21(24(28)29-14-16-7-3-1-4-8-16)25-23(27)18-11-12-19-20(13-18)31-15-30-19/h1-13,21H,14-15H2,(H,25,27). The van der Waals surface area contributed by atoms with Crippen LogP contribution in [0.25, 0.3) is 0 Å². The molecule has 31 heavy (non-hydrogen) atoms. The third-order valence-electron chi connectivity index (χ3n) is 4.69. The van der Waals surface area contributed by atoms with Gasteiger partial charge in [-0.25, -0.2) is 4.79 Å². The van der Waals surface area contributed by atoms with Crippen molar-refractivity contribution in [2.45, 2.75) is 12.6 Å². The number of esters is 1. The molecule has 1 heterocycles. The zero-order chi connectivity index (χ0) is 21.6. The highest BCUT2D eigenvalue weighted by atomic mass is 16.7. The van der Waals surface area contributed by atoms with Crippen molar-refractivity contribution in [2.24, 2.45) is 0 Å². The summed E-state index contributed by atoms with van der Waals surface area (Å²) in [6.45, 7) is 0.0550. The van der Waals surface area contributed by atoms with Gasteiger partial charge in [-0.3, -0.25) is 9.59 Å². The average molecular weight is 417 g/mol. The number of carbonyl (C=O) groups excluding carboxylic acids is 3. The Hall–Kier alpha value is -4.13. The van der Waals surface area contributed by atoms with Gasteiger partial charge in [0.05, 0.1) is 0 Å². The van der Waals surface area contributed by atoms with Crippen LogP contribution in [0.15, 0.2) is 78.9 Å². The normalized spacial score (nSPS) is 12.6. The summed E-state index contributed by atoms with van der Waals surface area (Å²) in [5.41, 5.74) is 1.28. The number of ether oxygens (including phenoxy) is 3. The number of ketones is 1. The van der Waals surface area contributed by atoms with Crippen LogP contribution in [0, 0.1) is 0 Å². The molecule has 0 radical (unpaired) electrons. The molecule has 1 aliphatic heterocycles. The lowest BCUT2D eigenvalue weighted by atomic mass is 10.0. The Morgan fingerprint density at radius 3 is 2.26 bits per heavy atom. The number of rotatable bonds is 7. The number of fused-ring (bicyclic) bond motifs is 1. The van der Waals surface area contributed by atoms with E-state index in [-0.39, 0.29) is 24.5 Å². The molecule has 4 rings (SSSR count). The molecule has 0 aliphatic carbocycles. The van der Waals surface area contributed by atoms with Gasteiger partial charge in [-0.05, 0) is 23.8 Å². The lowest BCUT2D eigenvalue weighted by Crippen LogP contribution is -2.47. The van der Waals surface area contributed by atoms with Crippen LogP contribution in [0.4, 0.5) is 0 Å². The van der Waals surface area contributed by atoms with Crippen molar-refractivity contribution in [2.75, 3.05) is 6.79 Å². The van der Waals surface area contributed by atoms with Crippen LogP contribution in [0.5, 0.6) is 11.5 Å². The molecule has 1 N–H and O–H groups in total. The Morgan fingerprint density at radius 1 is 0.839 bits per heavy atom. The molecule has 3 aromatic rings. The highest BCUT2D eigenvalue weighted by Gasteiger charge is 2.31. The Morgan fingerprint density at radius 2 is 1.52 bits per heavy atom. The molecule has 1 unspecified atom stereocenters. The van der Waals surface area contributed by atoms with Gasteiger partial charge in [0.1, 0.15) is 6.61 Å². The van der Waals surface area contributed by atoms with Crippen LogP contribution in [0.3, 0.4) is 0 Å². The maximum atomic E-state index is 13.0. The van der Waals surface area contributed by atoms with Crippen molar-refractivity contribution in [3.05, 3.63) is 95.6 Å². The summed E-state index contributed by atoms with van der Waals surface area (Å²) in [5.74, 6) is -1.07. The first-order valence-electron chi connectivity index (χ1n) is 9.62. The van der Waals surface area contributed by atoms with Crippen molar-refractivity contribution in [3.8, 4) is 11.5 Å². The van der Waals surface area contributed by atoms with Gasteiger partial charge in [0.2, 0.25) is 6.79 Å². The highest BCUT2D eigenvalue weighted by Crippen LogP contribution is 2.32. The molecule has 0 saturated carbocycles. The quantitative estimate of drug-likeness (QED) is 0.361. The second-order valence-corrected chi connectivity index (χ2v) is 6.80. The predicted octanol–water partition coefficient (Wildman–Crippen LogP) is 3.14. The van der Waals surface area contributed by atoms with Crippen molar-refractivity contribution in [1.29, 1.82) is 0 Å². The zero-order valence-electron chi connectivity index (χ0n) is 16.4. The number of Topliss-reactive ketones (excluding diaryl/α,β-unsaturated/α-hetero) is 1. The predicted molar refractivity (Wildman–Crippen MR) is 111 cm³/mol. The Kier molecular flexibility index (Phi) is 5.93. The van der Waals surface area contributed by atoms with Crippen molar-refractivity contribution < 1.29 is 28.6 Å². The summed E-state index contributed by atoms with van der Waals surface area (Å²) >= 11 is 0. The van der Waals surface area contributed by atoms with E-state index in [9.17, 15) is 14.4 Å². The van der Waals surface area contributed by atoms with E-state index in [2.05, 4.69) is 5.32 Å². The lowest BCUT2D eigenvalue weighted by molar-refractivity contribution is -0.145. The third-order valence-corrected chi connectivity index (χ3v) is 4.69. The van der Waals surface area contributed by atoms with E-state index in [1.807, 2.05) is 18.2 Å². The van der Waals surface area contributed by atoms with Gasteiger partial charge in [-0.1, -0.05) is 60.7 Å². The van der Waals surface area contributed by atoms with E-state index in [0.717, 1.165) is 5.56 Å². The van der Waals surface area contributed by atoms with Crippen LogP contribution in [0.2, 0.25) is 0 Å². The van der Waals surface area contributed by atoms with E-state index in [4.69, 9.17) is 14.2 Å². The summed E-state index contributed by atoms with van der Waals surface area (Å²) in [6.07, 6.45) is 0. The van der Waals surface area contributed by atoms with E-state index in [1.165, 1.54) is 12.1 Å². The van der Waals surface area contributed by atoms with Crippen molar-refractivity contribution >= 4 is 17.7 Å². The number of hydrogen-bond donors (Lipinski definition) is 1. The Bertz CT molecular complexity index is 1100. The first-order chi connectivity index (χ1) is 15.1. The summed E-state index contributed by atoms with van der Waals surface area (Å²) in [5, 5.41) is 2.50. The molecule has 0 fully saturated rings. The lowest BCUT2D eigenvalue weighted by Gasteiger charge is -2.17. The topological polar surface area (TPSA) is 90.9 Å². The second-order valence-electron chi connectivity index (χ2n) is 6.80. The molecule has 0 spiro atoms. The molecule has 0 bridgehead atoms. The van der Waals surface area contributed by atoms with E-state index < -0.39 is 23.7 Å². The van der Waals surface area contributed by atoms with Gasteiger partial charge in [0.15, 0.2) is 23.3 Å². The third kappa shape index (κ3) is 4.72. The van der Waals surface area contributed by atoms with Crippen LogP contribution in [-0.2, 0) is 16.1 Å². The second kappa shape index (κ2) is 9.13. The summed E-state index contributed by atoms with van der Waals surface area (Å²) in [7, 11) is 0. The van der Waals surface area contributed by atoms with Crippen molar-refractivity contribution in [3.63, 3.8) is 0 Å². The Balaban J connectivity index is 1.53. The van der Waals surface area contributed by atoms with Gasteiger partial charge in [0, 0.05) is 11.1 Å². The number of hydrogen-bond acceptors (Lipinski definition) is 6. The fraction of sp³-hybridized carbons (Fsp3) is 0.125. The molecule has 7 nitrogen and oxygen atoms in total. The molecular formula is C24H19NO6. The first kappa shape index (κ1) is 20.2. The minimum atomic E-state index is -1.50. The number of amides is 1. The SMILES string of the molecule is O=C(NC(C(=O)OCc1ccccc1)C(=O)c1ccccc1)c1ccc2c(c1)OCO2. The van der Waals surface area contributed by atoms with Gasteiger partial charge in [0.25, 0.3) is 5.91 Å². The van der Waals surface area contributed by atoms with E-state index in [1.54, 1.807) is 48.5 Å². The zero-order valence-corrected chi connectivity index (χ0v) is 16.4. The fourth-order valence-corrected chi connectivity index (χ4v) is 3.06. The maximum Gasteiger partial charge on any atom is 0.337 e. The van der Waals surface area contributed by atoms with Crippen molar-refractivity contribution in [1.82, 2.24) is 5.32 Å². The molecule has 7 heteroatoms. The van der Waals surface area contributed by atoms with Gasteiger partial charge in [-0.2, -0.15) is 0 Å². The fourth-order valence-electron chi connectivity index (χ4n) is 3.06. The summed E-state index contributed by atoms with van der Waals surface area (Å²) in [4.78, 5) is 38.6. The number of carbonyl (C=O) groups is 3. The minimum Gasteiger partial charge on any atom is -0.459 e. The number of nitrogens with one attached hydrogen (secondary N) is 1. The Labute approximate surface area is 178 Å². The van der Waals surface area contributed by atoms with Crippen LogP contribution >= 0.6 is 0 Å². The molecule has 0 aromatic heterocycles. The molecule has 3 aromatic carbocycles.